The van der Waals surface area contributed by atoms with Gasteiger partial charge in [0.1, 0.15) is 5.75 Å². The summed E-state index contributed by atoms with van der Waals surface area (Å²) < 4.78 is 32.3. The molecule has 0 fully saturated rings. The van der Waals surface area contributed by atoms with Gasteiger partial charge in [0, 0.05) is 24.8 Å². The number of halogens is 1. The fourth-order valence-corrected chi connectivity index (χ4v) is 4.87. The summed E-state index contributed by atoms with van der Waals surface area (Å²) in [6, 6.07) is 9.28. The molecule has 0 bridgehead atoms. The Morgan fingerprint density at radius 3 is 2.55 bits per heavy atom. The van der Waals surface area contributed by atoms with Crippen LogP contribution in [0.4, 0.5) is 11.4 Å². The number of sulfonamides is 1. The number of likely N-dealkylation sites (N-methyl/N-ethyl adjacent to an activating group) is 2. The van der Waals surface area contributed by atoms with Gasteiger partial charge in [-0.05, 0) is 55.8 Å². The van der Waals surface area contributed by atoms with Crippen LogP contribution in [-0.2, 0) is 25.0 Å². The molecule has 10 heteroatoms. The van der Waals surface area contributed by atoms with E-state index in [1.807, 2.05) is 0 Å². The molecule has 0 unspecified atom stereocenters. The largest absolute Gasteiger partial charge is 0.495 e. The quantitative estimate of drug-likeness (QED) is 0.707. The molecular weight excluding hydrogens is 442 g/mol. The SMILES string of the molecule is COc1ccc(Cl)cc1NC(=O)CN(C)S(=O)(=O)c1ccc2c(c1)C(C)(C)C(=O)N2C. The number of carbonyl (C=O) groups excluding carboxylic acids is 2. The zero-order chi connectivity index (χ0) is 23.1. The molecule has 1 aliphatic heterocycles. The fraction of sp³-hybridized carbons (Fsp3) is 0.333. The fourth-order valence-electron chi connectivity index (χ4n) is 3.55. The smallest absolute Gasteiger partial charge is 0.243 e. The van der Waals surface area contributed by atoms with E-state index in [1.165, 1.54) is 37.3 Å². The molecule has 0 aliphatic carbocycles. The molecule has 2 amide bonds. The highest BCUT2D eigenvalue weighted by Crippen LogP contribution is 2.41. The summed E-state index contributed by atoms with van der Waals surface area (Å²) >= 11 is 5.96. The Balaban J connectivity index is 1.82. The number of nitrogens with one attached hydrogen (secondary N) is 1. The molecule has 1 heterocycles. The van der Waals surface area contributed by atoms with Gasteiger partial charge in [0.2, 0.25) is 21.8 Å². The highest BCUT2D eigenvalue weighted by atomic mass is 35.5. The monoisotopic (exact) mass is 465 g/mol. The number of anilines is 2. The average Bonchev–Trinajstić information content (AvgIpc) is 2.88. The Kier molecular flexibility index (Phi) is 6.05. The van der Waals surface area contributed by atoms with E-state index < -0.39 is 27.9 Å². The van der Waals surface area contributed by atoms with Crippen molar-refractivity contribution in [3.8, 4) is 5.75 Å². The minimum absolute atomic E-state index is 0.0121. The van der Waals surface area contributed by atoms with Crippen LogP contribution in [0.1, 0.15) is 19.4 Å². The summed E-state index contributed by atoms with van der Waals surface area (Å²) in [6.07, 6.45) is 0. The van der Waals surface area contributed by atoms with Crippen LogP contribution in [0.3, 0.4) is 0 Å². The average molecular weight is 466 g/mol. The van der Waals surface area contributed by atoms with Crippen molar-refractivity contribution in [2.24, 2.45) is 0 Å². The van der Waals surface area contributed by atoms with Crippen LogP contribution in [0.2, 0.25) is 5.02 Å². The number of rotatable bonds is 6. The number of ether oxygens (including phenoxy) is 1. The second-order valence-corrected chi connectivity index (χ2v) is 10.3. The second-order valence-electron chi connectivity index (χ2n) is 7.82. The first kappa shape index (κ1) is 23.1. The Hall–Kier alpha value is -2.62. The summed E-state index contributed by atoms with van der Waals surface area (Å²) in [5.74, 6) is -0.263. The van der Waals surface area contributed by atoms with Gasteiger partial charge in [0.25, 0.3) is 0 Å². The highest BCUT2D eigenvalue weighted by Gasteiger charge is 2.43. The lowest BCUT2D eigenvalue weighted by molar-refractivity contribution is -0.121. The number of hydrogen-bond donors (Lipinski definition) is 1. The molecule has 0 spiro atoms. The molecule has 0 aromatic heterocycles. The minimum Gasteiger partial charge on any atom is -0.495 e. The molecule has 166 valence electrons. The van der Waals surface area contributed by atoms with Gasteiger partial charge in [-0.1, -0.05) is 11.6 Å². The molecule has 0 radical (unpaired) electrons. The third-order valence-electron chi connectivity index (χ3n) is 5.35. The van der Waals surface area contributed by atoms with E-state index in [-0.39, 0.29) is 10.8 Å². The first-order valence-corrected chi connectivity index (χ1v) is 11.2. The number of benzene rings is 2. The maximum Gasteiger partial charge on any atom is 0.243 e. The van der Waals surface area contributed by atoms with Crippen LogP contribution in [0.15, 0.2) is 41.3 Å². The summed E-state index contributed by atoms with van der Waals surface area (Å²) in [5, 5.41) is 3.02. The number of amides is 2. The second kappa shape index (κ2) is 8.14. The molecule has 0 saturated heterocycles. The molecular formula is C21H24ClN3O5S. The van der Waals surface area contributed by atoms with Crippen LogP contribution in [0.5, 0.6) is 5.75 Å². The zero-order valence-corrected chi connectivity index (χ0v) is 19.5. The third kappa shape index (κ3) is 4.13. The van der Waals surface area contributed by atoms with E-state index >= 15 is 0 Å². The van der Waals surface area contributed by atoms with Gasteiger partial charge < -0.3 is 15.0 Å². The summed E-state index contributed by atoms with van der Waals surface area (Å²) in [4.78, 5) is 26.5. The zero-order valence-electron chi connectivity index (χ0n) is 17.9. The molecule has 3 rings (SSSR count). The molecule has 1 N–H and O–H groups in total. The van der Waals surface area contributed by atoms with Crippen LogP contribution < -0.4 is 15.0 Å². The predicted octanol–water partition coefficient (Wildman–Crippen LogP) is 2.86. The molecule has 2 aromatic carbocycles. The molecule has 0 saturated carbocycles. The maximum absolute atomic E-state index is 13.1. The number of methoxy groups -OCH3 is 1. The first-order valence-electron chi connectivity index (χ1n) is 9.42. The van der Waals surface area contributed by atoms with Crippen molar-refractivity contribution in [1.29, 1.82) is 0 Å². The number of nitrogens with zero attached hydrogens (tertiary/aromatic N) is 2. The van der Waals surface area contributed by atoms with Gasteiger partial charge in [-0.15, -0.1) is 0 Å². The van der Waals surface area contributed by atoms with Crippen molar-refractivity contribution in [1.82, 2.24) is 4.31 Å². The number of fused-ring (bicyclic) bond motifs is 1. The predicted molar refractivity (Wildman–Crippen MR) is 119 cm³/mol. The van der Waals surface area contributed by atoms with Crippen LogP contribution in [0, 0.1) is 0 Å². The van der Waals surface area contributed by atoms with Gasteiger partial charge in [-0.25, -0.2) is 8.42 Å². The Morgan fingerprint density at radius 2 is 1.90 bits per heavy atom. The van der Waals surface area contributed by atoms with Crippen molar-refractivity contribution < 1.29 is 22.7 Å². The standard InChI is InChI=1S/C21H24ClN3O5S/c1-21(2)15-11-14(7-8-17(15)25(4)20(21)27)31(28,29)24(3)12-19(26)23-16-10-13(22)6-9-18(16)30-5/h6-11H,12H2,1-5H3,(H,23,26). The maximum atomic E-state index is 13.1. The lowest BCUT2D eigenvalue weighted by Gasteiger charge is -2.20. The third-order valence-corrected chi connectivity index (χ3v) is 7.39. The Morgan fingerprint density at radius 1 is 1.23 bits per heavy atom. The van der Waals surface area contributed by atoms with E-state index in [9.17, 15) is 18.0 Å². The van der Waals surface area contributed by atoms with Gasteiger partial charge in [-0.3, -0.25) is 9.59 Å². The molecule has 8 nitrogen and oxygen atoms in total. The van der Waals surface area contributed by atoms with Crippen LogP contribution in [0.25, 0.3) is 0 Å². The lowest BCUT2D eigenvalue weighted by Crippen LogP contribution is -2.35. The van der Waals surface area contributed by atoms with Gasteiger partial charge >= 0.3 is 0 Å². The summed E-state index contributed by atoms with van der Waals surface area (Å²) in [7, 11) is 0.456. The van der Waals surface area contributed by atoms with Crippen molar-refractivity contribution in [2.45, 2.75) is 24.2 Å². The first-order chi connectivity index (χ1) is 14.4. The van der Waals surface area contributed by atoms with Crippen molar-refractivity contribution in [2.75, 3.05) is 38.0 Å². The molecule has 1 aliphatic rings. The van der Waals surface area contributed by atoms with E-state index in [2.05, 4.69) is 5.32 Å². The molecule has 31 heavy (non-hydrogen) atoms. The molecule has 2 aromatic rings. The van der Waals surface area contributed by atoms with E-state index in [0.29, 0.717) is 27.7 Å². The van der Waals surface area contributed by atoms with Gasteiger partial charge in [0.05, 0.1) is 29.7 Å². The van der Waals surface area contributed by atoms with Crippen LogP contribution in [-0.4, -0.2) is 52.3 Å². The Labute approximate surface area is 186 Å². The van der Waals surface area contributed by atoms with Crippen molar-refractivity contribution >= 4 is 44.8 Å². The normalized spacial score (nSPS) is 15.2. The summed E-state index contributed by atoms with van der Waals surface area (Å²) in [5.41, 5.74) is 0.797. The van der Waals surface area contributed by atoms with E-state index in [0.717, 1.165) is 4.31 Å². The lowest BCUT2D eigenvalue weighted by atomic mass is 9.86. The number of hydrogen-bond acceptors (Lipinski definition) is 5. The van der Waals surface area contributed by atoms with Crippen LogP contribution >= 0.6 is 11.6 Å². The topological polar surface area (TPSA) is 96.0 Å². The van der Waals surface area contributed by atoms with Gasteiger partial charge in [-0.2, -0.15) is 4.31 Å². The minimum atomic E-state index is -3.97. The van der Waals surface area contributed by atoms with Crippen molar-refractivity contribution in [3.05, 3.63) is 47.0 Å². The summed E-state index contributed by atoms with van der Waals surface area (Å²) in [6.45, 7) is 3.09. The Bertz CT molecular complexity index is 1160. The van der Waals surface area contributed by atoms with Crippen molar-refractivity contribution in [3.63, 3.8) is 0 Å². The van der Waals surface area contributed by atoms with E-state index in [1.54, 1.807) is 39.1 Å². The highest BCUT2D eigenvalue weighted by molar-refractivity contribution is 7.89. The number of carbonyl (C=O) groups is 2. The molecule has 0 atom stereocenters. The van der Waals surface area contributed by atoms with E-state index in [4.69, 9.17) is 16.3 Å². The van der Waals surface area contributed by atoms with Gasteiger partial charge in [0.15, 0.2) is 0 Å².